The highest BCUT2D eigenvalue weighted by molar-refractivity contribution is 5.76. The Balaban J connectivity index is 1.70. The molecule has 0 unspecified atom stereocenters. The third kappa shape index (κ3) is 4.74. The average Bonchev–Trinajstić information content (AvgIpc) is 2.89. The second-order valence-electron chi connectivity index (χ2n) is 6.55. The summed E-state index contributed by atoms with van der Waals surface area (Å²) < 4.78 is 7.36. The molecule has 0 N–H and O–H groups in total. The van der Waals surface area contributed by atoms with Crippen molar-refractivity contribution in [1.82, 2.24) is 30.1 Å². The maximum absolute atomic E-state index is 12.2. The van der Waals surface area contributed by atoms with Gasteiger partial charge in [0.15, 0.2) is 5.82 Å². The molecule has 1 amide bonds. The van der Waals surface area contributed by atoms with Crippen molar-refractivity contribution in [2.24, 2.45) is 0 Å². The van der Waals surface area contributed by atoms with E-state index in [1.54, 1.807) is 10.9 Å². The Morgan fingerprint density at radius 1 is 1.24 bits per heavy atom. The number of tetrazole rings is 1. The van der Waals surface area contributed by atoms with E-state index in [0.29, 0.717) is 31.2 Å². The van der Waals surface area contributed by atoms with Crippen LogP contribution in [0.4, 0.5) is 0 Å². The monoisotopic (exact) mass is 344 g/mol. The van der Waals surface area contributed by atoms with Crippen molar-refractivity contribution in [3.8, 4) is 5.88 Å². The van der Waals surface area contributed by atoms with E-state index in [4.69, 9.17) is 4.74 Å². The number of aromatic nitrogens is 5. The summed E-state index contributed by atoms with van der Waals surface area (Å²) in [5.41, 5.74) is 1.00. The molecule has 1 aliphatic heterocycles. The number of hydrogen-bond donors (Lipinski definition) is 0. The van der Waals surface area contributed by atoms with Gasteiger partial charge in [0, 0.05) is 25.2 Å². The van der Waals surface area contributed by atoms with Crippen LogP contribution >= 0.6 is 0 Å². The first-order chi connectivity index (χ1) is 12.1. The number of carbonyl (C=O) groups is 1. The Morgan fingerprint density at radius 3 is 2.96 bits per heavy atom. The smallest absolute Gasteiger partial charge is 0.222 e. The van der Waals surface area contributed by atoms with Crippen LogP contribution in [0.1, 0.15) is 50.9 Å². The van der Waals surface area contributed by atoms with Crippen molar-refractivity contribution in [3.05, 3.63) is 29.7 Å². The van der Waals surface area contributed by atoms with Crippen molar-refractivity contribution in [2.75, 3.05) is 6.54 Å². The highest BCUT2D eigenvalue weighted by atomic mass is 16.5. The summed E-state index contributed by atoms with van der Waals surface area (Å²) in [6, 6.07) is 3.80. The Labute approximate surface area is 147 Å². The fraction of sp³-hybridized carbons (Fsp3) is 0.588. The van der Waals surface area contributed by atoms with E-state index < -0.39 is 0 Å². The molecule has 2 aromatic rings. The van der Waals surface area contributed by atoms with Gasteiger partial charge in [-0.05, 0) is 48.7 Å². The molecule has 25 heavy (non-hydrogen) atoms. The van der Waals surface area contributed by atoms with E-state index >= 15 is 0 Å². The minimum Gasteiger partial charge on any atom is -0.475 e. The lowest BCUT2D eigenvalue weighted by Gasteiger charge is -2.19. The standard InChI is InChI=1S/C17H24N6O2/c1-13(2)25-16-10-14(7-8-18-16)11-23-15(19-20-21-23)12-22-9-5-3-4-6-17(22)24/h7-8,10,13H,3-6,9,11-12H2,1-2H3. The number of carbonyl (C=O) groups excluding carboxylic acids is 1. The van der Waals surface area contributed by atoms with Gasteiger partial charge in [0.1, 0.15) is 0 Å². The maximum atomic E-state index is 12.2. The zero-order valence-corrected chi connectivity index (χ0v) is 14.8. The van der Waals surface area contributed by atoms with Gasteiger partial charge in [-0.1, -0.05) is 6.42 Å². The van der Waals surface area contributed by atoms with E-state index in [1.807, 2.05) is 30.9 Å². The van der Waals surface area contributed by atoms with Crippen LogP contribution in [0.2, 0.25) is 0 Å². The molecular weight excluding hydrogens is 320 g/mol. The maximum Gasteiger partial charge on any atom is 0.222 e. The molecule has 3 heterocycles. The van der Waals surface area contributed by atoms with E-state index in [9.17, 15) is 4.79 Å². The van der Waals surface area contributed by atoms with E-state index in [0.717, 1.165) is 31.4 Å². The first-order valence-corrected chi connectivity index (χ1v) is 8.76. The van der Waals surface area contributed by atoms with Gasteiger partial charge in [-0.25, -0.2) is 9.67 Å². The molecule has 3 rings (SSSR count). The van der Waals surface area contributed by atoms with Gasteiger partial charge in [0.2, 0.25) is 11.8 Å². The molecule has 0 aromatic carbocycles. The van der Waals surface area contributed by atoms with Crippen molar-refractivity contribution in [2.45, 2.75) is 58.7 Å². The molecule has 1 aliphatic rings. The fourth-order valence-electron chi connectivity index (χ4n) is 2.86. The van der Waals surface area contributed by atoms with E-state index in [1.165, 1.54) is 0 Å². The van der Waals surface area contributed by atoms with Gasteiger partial charge in [-0.3, -0.25) is 4.79 Å². The van der Waals surface area contributed by atoms with Gasteiger partial charge in [-0.15, -0.1) is 5.10 Å². The molecule has 8 nitrogen and oxygen atoms in total. The lowest BCUT2D eigenvalue weighted by atomic mass is 10.2. The molecule has 0 atom stereocenters. The van der Waals surface area contributed by atoms with Crippen molar-refractivity contribution in [3.63, 3.8) is 0 Å². The topological polar surface area (TPSA) is 86.0 Å². The Hall–Kier alpha value is -2.51. The quantitative estimate of drug-likeness (QED) is 0.794. The number of nitrogens with zero attached hydrogens (tertiary/aromatic N) is 6. The Morgan fingerprint density at radius 2 is 2.12 bits per heavy atom. The van der Waals surface area contributed by atoms with Gasteiger partial charge in [0.05, 0.1) is 19.2 Å². The summed E-state index contributed by atoms with van der Waals surface area (Å²) in [6.07, 6.45) is 5.50. The number of hydrogen-bond acceptors (Lipinski definition) is 6. The Bertz CT molecular complexity index is 715. The lowest BCUT2D eigenvalue weighted by molar-refractivity contribution is -0.131. The van der Waals surface area contributed by atoms with Crippen LogP contribution in [0.5, 0.6) is 5.88 Å². The molecular formula is C17H24N6O2. The first kappa shape index (κ1) is 17.3. The molecule has 134 valence electrons. The number of rotatable bonds is 6. The van der Waals surface area contributed by atoms with Crippen LogP contribution in [-0.2, 0) is 17.9 Å². The molecule has 0 radical (unpaired) electrons. The van der Waals surface area contributed by atoms with Crippen molar-refractivity contribution < 1.29 is 9.53 Å². The van der Waals surface area contributed by atoms with Gasteiger partial charge in [-0.2, -0.15) is 0 Å². The van der Waals surface area contributed by atoms with E-state index in [2.05, 4.69) is 20.5 Å². The zero-order valence-electron chi connectivity index (χ0n) is 14.8. The predicted octanol–water partition coefficient (Wildman–Crippen LogP) is 1.81. The van der Waals surface area contributed by atoms with Gasteiger partial charge >= 0.3 is 0 Å². The van der Waals surface area contributed by atoms with Crippen molar-refractivity contribution in [1.29, 1.82) is 0 Å². The molecule has 1 fully saturated rings. The molecule has 0 spiro atoms. The Kier molecular flexibility index (Phi) is 5.57. The molecule has 0 saturated carbocycles. The summed E-state index contributed by atoms with van der Waals surface area (Å²) in [7, 11) is 0. The van der Waals surface area contributed by atoms with Crippen LogP contribution in [0.25, 0.3) is 0 Å². The fourth-order valence-corrected chi connectivity index (χ4v) is 2.86. The minimum atomic E-state index is 0.0698. The largest absolute Gasteiger partial charge is 0.475 e. The van der Waals surface area contributed by atoms with Crippen LogP contribution in [0.3, 0.4) is 0 Å². The molecule has 8 heteroatoms. The second-order valence-corrected chi connectivity index (χ2v) is 6.55. The number of ether oxygens (including phenoxy) is 1. The summed E-state index contributed by atoms with van der Waals surface area (Å²) in [6.45, 7) is 5.67. The minimum absolute atomic E-state index is 0.0698. The first-order valence-electron chi connectivity index (χ1n) is 8.76. The lowest BCUT2D eigenvalue weighted by Crippen LogP contribution is -2.31. The molecule has 1 saturated heterocycles. The van der Waals surface area contributed by atoms with Crippen LogP contribution in [0, 0.1) is 0 Å². The third-order valence-electron chi connectivity index (χ3n) is 4.10. The molecule has 0 bridgehead atoms. The van der Waals surface area contributed by atoms with Crippen LogP contribution < -0.4 is 4.74 Å². The number of pyridine rings is 1. The summed E-state index contributed by atoms with van der Waals surface area (Å²) in [5.74, 6) is 1.46. The SMILES string of the molecule is CC(C)Oc1cc(Cn2nnnc2CN2CCCCCC2=O)ccn1. The van der Waals surface area contributed by atoms with Crippen LogP contribution in [-0.4, -0.2) is 48.6 Å². The number of amides is 1. The molecule has 2 aromatic heterocycles. The highest BCUT2D eigenvalue weighted by Crippen LogP contribution is 2.15. The van der Waals surface area contributed by atoms with Crippen LogP contribution in [0.15, 0.2) is 18.3 Å². The zero-order chi connectivity index (χ0) is 17.6. The number of likely N-dealkylation sites (tertiary alicyclic amines) is 1. The normalized spacial score (nSPS) is 15.5. The van der Waals surface area contributed by atoms with Gasteiger partial charge in [0.25, 0.3) is 0 Å². The average molecular weight is 344 g/mol. The summed E-state index contributed by atoms with van der Waals surface area (Å²) in [5, 5.41) is 12.0. The third-order valence-corrected chi connectivity index (χ3v) is 4.10. The second kappa shape index (κ2) is 8.04. The predicted molar refractivity (Wildman–Crippen MR) is 90.8 cm³/mol. The van der Waals surface area contributed by atoms with E-state index in [-0.39, 0.29) is 12.0 Å². The summed E-state index contributed by atoms with van der Waals surface area (Å²) in [4.78, 5) is 18.2. The highest BCUT2D eigenvalue weighted by Gasteiger charge is 2.19. The van der Waals surface area contributed by atoms with Crippen molar-refractivity contribution >= 4 is 5.91 Å². The van der Waals surface area contributed by atoms with Gasteiger partial charge < -0.3 is 9.64 Å². The summed E-state index contributed by atoms with van der Waals surface area (Å²) >= 11 is 0. The molecule has 0 aliphatic carbocycles.